The van der Waals surface area contributed by atoms with E-state index >= 15 is 0 Å². The van der Waals surface area contributed by atoms with Gasteiger partial charge in [-0.15, -0.1) is 0 Å². The summed E-state index contributed by atoms with van der Waals surface area (Å²) >= 11 is 0. The molecule has 0 aromatic carbocycles. The van der Waals surface area contributed by atoms with Crippen LogP contribution in [0.1, 0.15) is 91.9 Å². The molecule has 12 atom stereocenters. The second-order valence-electron chi connectivity index (χ2n) is 13.1. The van der Waals surface area contributed by atoms with Crippen LogP contribution >= 0.6 is 0 Å². The molecule has 6 fully saturated rings. The second kappa shape index (κ2) is 6.70. The minimum atomic E-state index is -0.282. The quantitative estimate of drug-likeness (QED) is 0.543. The third kappa shape index (κ3) is 2.61. The number of hydrogen-bond acceptors (Lipinski definition) is 3. The predicted molar refractivity (Wildman–Crippen MR) is 118 cm³/mol. The van der Waals surface area contributed by atoms with Crippen LogP contribution in [0.4, 0.5) is 0 Å². The molecular formula is C27H44O3. The fraction of sp³-hybridized carbons (Fsp3) is 1.00. The summed E-state index contributed by atoms with van der Waals surface area (Å²) in [6, 6.07) is 0. The highest BCUT2D eigenvalue weighted by Gasteiger charge is 2.69. The number of ether oxygens (including phenoxy) is 2. The molecule has 2 aliphatic heterocycles. The smallest absolute Gasteiger partial charge is 0.171 e. The van der Waals surface area contributed by atoms with E-state index in [1.54, 1.807) is 0 Å². The van der Waals surface area contributed by atoms with E-state index in [9.17, 15) is 5.11 Å². The summed E-state index contributed by atoms with van der Waals surface area (Å²) in [5.41, 5.74) is 0.899. The Morgan fingerprint density at radius 2 is 1.63 bits per heavy atom. The molecule has 4 saturated carbocycles. The van der Waals surface area contributed by atoms with Crippen molar-refractivity contribution in [2.75, 3.05) is 6.61 Å². The number of hydrogen-bond donors (Lipinski definition) is 1. The molecule has 2 saturated heterocycles. The van der Waals surface area contributed by atoms with E-state index in [4.69, 9.17) is 9.47 Å². The average molecular weight is 417 g/mol. The molecule has 0 aromatic rings. The first-order valence-electron chi connectivity index (χ1n) is 13.3. The molecule has 170 valence electrons. The lowest BCUT2D eigenvalue weighted by Crippen LogP contribution is -2.55. The molecule has 0 bridgehead atoms. The van der Waals surface area contributed by atoms with Gasteiger partial charge in [0.15, 0.2) is 5.79 Å². The van der Waals surface area contributed by atoms with Gasteiger partial charge in [0.25, 0.3) is 0 Å². The minimum Gasteiger partial charge on any atom is -0.393 e. The summed E-state index contributed by atoms with van der Waals surface area (Å²) in [7, 11) is 0. The van der Waals surface area contributed by atoms with Gasteiger partial charge < -0.3 is 14.6 Å². The molecule has 3 nitrogen and oxygen atoms in total. The highest BCUT2D eigenvalue weighted by molar-refractivity contribution is 5.15. The molecule has 4 aliphatic carbocycles. The Bertz CT molecular complexity index is 684. The molecule has 0 radical (unpaired) electrons. The number of aliphatic hydroxyl groups is 1. The maximum Gasteiger partial charge on any atom is 0.171 e. The summed E-state index contributed by atoms with van der Waals surface area (Å²) in [6.45, 7) is 10.9. The standard InChI is InChI=1S/C27H44O3/c1-16-7-12-27(29-15-16)17(2)24-23(30-27)14-22-20-6-5-18-13-19(28)8-10-25(18,3)21(20)9-11-26(22,24)4/h16-24,28H,5-15H2,1-4H3/t16-,17-,18+,19?,20+,21-,22-,23-,24-,25-,26-,27+/m0/s1. The van der Waals surface area contributed by atoms with Crippen molar-refractivity contribution < 1.29 is 14.6 Å². The van der Waals surface area contributed by atoms with Crippen molar-refractivity contribution in [2.24, 2.45) is 52.3 Å². The zero-order valence-corrected chi connectivity index (χ0v) is 19.7. The highest BCUT2D eigenvalue weighted by atomic mass is 16.7. The van der Waals surface area contributed by atoms with Crippen LogP contribution in [0.15, 0.2) is 0 Å². The third-order valence-corrected chi connectivity index (χ3v) is 11.9. The second-order valence-corrected chi connectivity index (χ2v) is 13.1. The highest BCUT2D eigenvalue weighted by Crippen LogP contribution is 2.71. The SMILES string of the molecule is C[C@H]1CC[C@@]2(OC1)O[C@H]1C[C@H]3[C@@H]4CC[C@@H]5CC(O)CC[C@]5(C)[C@H]4CC[C@]3(C)[C@H]1[C@@H]2C. The van der Waals surface area contributed by atoms with Crippen LogP contribution < -0.4 is 0 Å². The molecule has 1 N–H and O–H groups in total. The lowest BCUT2D eigenvalue weighted by Gasteiger charge is -2.61. The van der Waals surface area contributed by atoms with Gasteiger partial charge in [0, 0.05) is 12.3 Å². The monoisotopic (exact) mass is 416 g/mol. The minimum absolute atomic E-state index is 0.0389. The van der Waals surface area contributed by atoms with Crippen LogP contribution in [0, 0.1) is 52.3 Å². The van der Waals surface area contributed by atoms with E-state index in [0.717, 1.165) is 49.5 Å². The maximum atomic E-state index is 10.3. The van der Waals surface area contributed by atoms with E-state index in [0.29, 0.717) is 34.7 Å². The van der Waals surface area contributed by atoms with Crippen molar-refractivity contribution in [1.82, 2.24) is 0 Å². The maximum absolute atomic E-state index is 10.3. The van der Waals surface area contributed by atoms with Crippen molar-refractivity contribution in [2.45, 2.75) is 110 Å². The fourth-order valence-electron chi connectivity index (χ4n) is 10.3. The van der Waals surface area contributed by atoms with E-state index in [1.165, 1.54) is 44.9 Å². The van der Waals surface area contributed by atoms with Gasteiger partial charge in [-0.05, 0) is 104 Å². The van der Waals surface area contributed by atoms with E-state index in [-0.39, 0.29) is 11.9 Å². The number of aliphatic hydroxyl groups excluding tert-OH is 1. The van der Waals surface area contributed by atoms with Gasteiger partial charge in [0.05, 0.1) is 18.8 Å². The Morgan fingerprint density at radius 3 is 2.40 bits per heavy atom. The van der Waals surface area contributed by atoms with Gasteiger partial charge in [-0.2, -0.15) is 0 Å². The summed E-state index contributed by atoms with van der Waals surface area (Å²) in [4.78, 5) is 0. The van der Waals surface area contributed by atoms with Crippen LogP contribution in [0.2, 0.25) is 0 Å². The summed E-state index contributed by atoms with van der Waals surface area (Å²) in [6.07, 6.45) is 12.9. The van der Waals surface area contributed by atoms with Gasteiger partial charge in [0.2, 0.25) is 0 Å². The van der Waals surface area contributed by atoms with Crippen LogP contribution in [0.5, 0.6) is 0 Å². The first kappa shape index (κ1) is 20.5. The van der Waals surface area contributed by atoms with E-state index in [2.05, 4.69) is 27.7 Å². The van der Waals surface area contributed by atoms with Crippen LogP contribution in [-0.4, -0.2) is 29.7 Å². The molecule has 1 spiro atoms. The first-order chi connectivity index (χ1) is 14.3. The van der Waals surface area contributed by atoms with Crippen molar-refractivity contribution in [3.8, 4) is 0 Å². The van der Waals surface area contributed by atoms with Gasteiger partial charge in [0.1, 0.15) is 0 Å². The zero-order valence-electron chi connectivity index (χ0n) is 19.7. The Hall–Kier alpha value is -0.120. The number of fused-ring (bicyclic) bond motifs is 7. The van der Waals surface area contributed by atoms with Crippen LogP contribution in [-0.2, 0) is 9.47 Å². The van der Waals surface area contributed by atoms with Gasteiger partial charge in [-0.3, -0.25) is 0 Å². The Kier molecular flexibility index (Phi) is 4.58. The fourth-order valence-corrected chi connectivity index (χ4v) is 10.3. The van der Waals surface area contributed by atoms with Gasteiger partial charge in [-0.25, -0.2) is 0 Å². The molecule has 0 amide bonds. The van der Waals surface area contributed by atoms with E-state index in [1.807, 2.05) is 0 Å². The zero-order chi connectivity index (χ0) is 20.9. The van der Waals surface area contributed by atoms with Gasteiger partial charge in [-0.1, -0.05) is 27.7 Å². The van der Waals surface area contributed by atoms with Crippen LogP contribution in [0.3, 0.4) is 0 Å². The Balaban J connectivity index is 1.26. The molecule has 6 aliphatic rings. The Labute approximate surface area is 183 Å². The molecule has 6 rings (SSSR count). The summed E-state index contributed by atoms with van der Waals surface area (Å²) < 4.78 is 13.4. The molecular weight excluding hydrogens is 372 g/mol. The summed E-state index contributed by atoms with van der Waals surface area (Å²) in [5.74, 6) is 4.93. The largest absolute Gasteiger partial charge is 0.393 e. The molecule has 30 heavy (non-hydrogen) atoms. The molecule has 2 heterocycles. The topological polar surface area (TPSA) is 38.7 Å². The molecule has 0 aromatic heterocycles. The average Bonchev–Trinajstić information content (AvgIpc) is 3.16. The predicted octanol–water partition coefficient (Wildman–Crippen LogP) is 5.79. The normalized spacial score (nSPS) is 62.5. The lowest BCUT2D eigenvalue weighted by atomic mass is 9.44. The summed E-state index contributed by atoms with van der Waals surface area (Å²) in [5, 5.41) is 10.3. The van der Waals surface area contributed by atoms with Crippen molar-refractivity contribution in [3.63, 3.8) is 0 Å². The van der Waals surface area contributed by atoms with Crippen molar-refractivity contribution in [1.29, 1.82) is 0 Å². The lowest BCUT2D eigenvalue weighted by molar-refractivity contribution is -0.273. The van der Waals surface area contributed by atoms with Crippen molar-refractivity contribution >= 4 is 0 Å². The third-order valence-electron chi connectivity index (χ3n) is 11.9. The Morgan fingerprint density at radius 1 is 0.833 bits per heavy atom. The van der Waals surface area contributed by atoms with Crippen LogP contribution in [0.25, 0.3) is 0 Å². The van der Waals surface area contributed by atoms with E-state index < -0.39 is 0 Å². The molecule has 1 unspecified atom stereocenters. The molecule has 3 heteroatoms. The first-order valence-corrected chi connectivity index (χ1v) is 13.3. The van der Waals surface area contributed by atoms with Crippen molar-refractivity contribution in [3.05, 3.63) is 0 Å². The number of rotatable bonds is 0. The van der Waals surface area contributed by atoms with Gasteiger partial charge >= 0.3 is 0 Å².